The largest absolute Gasteiger partial charge is 0.497 e. The lowest BCUT2D eigenvalue weighted by molar-refractivity contribution is 0.0703. The van der Waals surface area contributed by atoms with E-state index in [0.29, 0.717) is 41.9 Å². The number of carbonyl (C=O) groups excluding carboxylic acids is 1. The SMILES string of the molecule is COc1cc(OC)cc(C(=O)N2CCC(c3nc(C4(N)CCC4)no3)CC2)c1. The van der Waals surface area contributed by atoms with Crippen molar-refractivity contribution in [2.45, 2.75) is 43.6 Å². The van der Waals surface area contributed by atoms with Gasteiger partial charge in [0, 0.05) is 30.6 Å². The standard InChI is InChI=1S/C20H26N4O4/c1-26-15-10-14(11-16(12-15)27-2)18(25)24-8-4-13(5-9-24)17-22-19(23-28-17)20(21)6-3-7-20/h10-13H,3-9,21H2,1-2H3. The summed E-state index contributed by atoms with van der Waals surface area (Å²) >= 11 is 0. The molecule has 1 aliphatic heterocycles. The molecule has 1 aliphatic carbocycles. The minimum atomic E-state index is -0.413. The van der Waals surface area contributed by atoms with Crippen LogP contribution >= 0.6 is 0 Å². The number of carbonyl (C=O) groups is 1. The Morgan fingerprint density at radius 3 is 2.36 bits per heavy atom. The highest BCUT2D eigenvalue weighted by Gasteiger charge is 2.40. The highest BCUT2D eigenvalue weighted by Crippen LogP contribution is 2.38. The van der Waals surface area contributed by atoms with E-state index in [9.17, 15) is 4.79 Å². The van der Waals surface area contributed by atoms with E-state index < -0.39 is 5.54 Å². The predicted octanol–water partition coefficient (Wildman–Crippen LogP) is 2.44. The predicted molar refractivity (Wildman–Crippen MR) is 101 cm³/mol. The van der Waals surface area contributed by atoms with Gasteiger partial charge in [0.25, 0.3) is 5.91 Å². The van der Waals surface area contributed by atoms with E-state index in [1.165, 1.54) is 0 Å². The molecule has 2 heterocycles. The van der Waals surface area contributed by atoms with Crippen LogP contribution in [0.4, 0.5) is 0 Å². The summed E-state index contributed by atoms with van der Waals surface area (Å²) in [6.45, 7) is 1.27. The van der Waals surface area contributed by atoms with Crippen molar-refractivity contribution in [2.24, 2.45) is 5.73 Å². The fourth-order valence-corrected chi connectivity index (χ4v) is 3.83. The molecule has 1 saturated carbocycles. The van der Waals surface area contributed by atoms with E-state index >= 15 is 0 Å². The van der Waals surface area contributed by atoms with Gasteiger partial charge in [-0.15, -0.1) is 0 Å². The van der Waals surface area contributed by atoms with Crippen molar-refractivity contribution in [3.05, 3.63) is 35.5 Å². The van der Waals surface area contributed by atoms with E-state index in [1.54, 1.807) is 32.4 Å². The maximum absolute atomic E-state index is 12.9. The molecule has 2 fully saturated rings. The molecule has 2 aliphatic rings. The summed E-state index contributed by atoms with van der Waals surface area (Å²) in [6.07, 6.45) is 4.49. The van der Waals surface area contributed by atoms with Crippen molar-refractivity contribution >= 4 is 5.91 Å². The van der Waals surface area contributed by atoms with Gasteiger partial charge >= 0.3 is 0 Å². The molecule has 0 atom stereocenters. The lowest BCUT2D eigenvalue weighted by Gasteiger charge is -2.34. The number of hydrogen-bond donors (Lipinski definition) is 1. The number of methoxy groups -OCH3 is 2. The Kier molecular flexibility index (Phi) is 4.97. The van der Waals surface area contributed by atoms with Crippen LogP contribution in [0.25, 0.3) is 0 Å². The zero-order valence-electron chi connectivity index (χ0n) is 16.3. The molecule has 1 aromatic carbocycles. The van der Waals surface area contributed by atoms with Crippen molar-refractivity contribution in [3.8, 4) is 11.5 Å². The van der Waals surface area contributed by atoms with E-state index in [2.05, 4.69) is 10.1 Å². The molecule has 1 aromatic heterocycles. The number of benzene rings is 1. The molecule has 0 radical (unpaired) electrons. The number of amides is 1. The van der Waals surface area contributed by atoms with Gasteiger partial charge < -0.3 is 24.6 Å². The van der Waals surface area contributed by atoms with Gasteiger partial charge in [-0.1, -0.05) is 5.16 Å². The number of piperidine rings is 1. The number of likely N-dealkylation sites (tertiary alicyclic amines) is 1. The maximum atomic E-state index is 12.9. The first kappa shape index (κ1) is 18.7. The van der Waals surface area contributed by atoms with Crippen molar-refractivity contribution in [2.75, 3.05) is 27.3 Å². The van der Waals surface area contributed by atoms with E-state index in [1.807, 2.05) is 4.90 Å². The molecule has 2 N–H and O–H groups in total. The van der Waals surface area contributed by atoms with Gasteiger partial charge in [0.05, 0.1) is 19.8 Å². The van der Waals surface area contributed by atoms with Crippen molar-refractivity contribution in [1.82, 2.24) is 15.0 Å². The fourth-order valence-electron chi connectivity index (χ4n) is 3.83. The average Bonchev–Trinajstić information content (AvgIpc) is 3.21. The summed E-state index contributed by atoms with van der Waals surface area (Å²) in [5.74, 6) is 2.59. The van der Waals surface area contributed by atoms with Crippen LogP contribution < -0.4 is 15.2 Å². The minimum Gasteiger partial charge on any atom is -0.497 e. The summed E-state index contributed by atoms with van der Waals surface area (Å²) in [5, 5.41) is 4.11. The quantitative estimate of drug-likeness (QED) is 0.842. The Morgan fingerprint density at radius 1 is 1.18 bits per heavy atom. The highest BCUT2D eigenvalue weighted by molar-refractivity contribution is 5.95. The minimum absolute atomic E-state index is 0.0303. The van der Waals surface area contributed by atoms with Gasteiger partial charge in [-0.3, -0.25) is 4.79 Å². The van der Waals surface area contributed by atoms with Crippen LogP contribution in [0, 0.1) is 0 Å². The normalized spacial score (nSPS) is 19.2. The molecule has 0 spiro atoms. The lowest BCUT2D eigenvalue weighted by atomic mass is 9.77. The van der Waals surface area contributed by atoms with Gasteiger partial charge in [-0.25, -0.2) is 0 Å². The van der Waals surface area contributed by atoms with Gasteiger partial charge in [-0.2, -0.15) is 4.98 Å². The Hall–Kier alpha value is -2.61. The molecular formula is C20H26N4O4. The summed E-state index contributed by atoms with van der Waals surface area (Å²) in [4.78, 5) is 19.3. The zero-order valence-corrected chi connectivity index (χ0v) is 16.3. The van der Waals surface area contributed by atoms with Crippen molar-refractivity contribution < 1.29 is 18.8 Å². The molecule has 28 heavy (non-hydrogen) atoms. The average molecular weight is 386 g/mol. The summed E-state index contributed by atoms with van der Waals surface area (Å²) < 4.78 is 16.0. The highest BCUT2D eigenvalue weighted by atomic mass is 16.5. The molecule has 4 rings (SSSR count). The molecular weight excluding hydrogens is 360 g/mol. The Morgan fingerprint density at radius 2 is 1.82 bits per heavy atom. The second-order valence-corrected chi connectivity index (χ2v) is 7.63. The number of aromatic nitrogens is 2. The van der Waals surface area contributed by atoms with E-state index in [-0.39, 0.29) is 11.8 Å². The van der Waals surface area contributed by atoms with Gasteiger partial charge in [0.15, 0.2) is 5.82 Å². The molecule has 1 saturated heterocycles. The molecule has 8 nitrogen and oxygen atoms in total. The molecule has 150 valence electrons. The van der Waals surface area contributed by atoms with Crippen molar-refractivity contribution in [1.29, 1.82) is 0 Å². The summed E-state index contributed by atoms with van der Waals surface area (Å²) in [6, 6.07) is 5.23. The second kappa shape index (κ2) is 7.43. The fraction of sp³-hybridized carbons (Fsp3) is 0.550. The monoisotopic (exact) mass is 386 g/mol. The number of hydrogen-bond acceptors (Lipinski definition) is 7. The van der Waals surface area contributed by atoms with E-state index in [4.69, 9.17) is 19.7 Å². The molecule has 8 heteroatoms. The topological polar surface area (TPSA) is 104 Å². The van der Waals surface area contributed by atoms with Crippen LogP contribution in [0.3, 0.4) is 0 Å². The van der Waals surface area contributed by atoms with Gasteiger partial charge in [0.2, 0.25) is 5.89 Å². The summed E-state index contributed by atoms with van der Waals surface area (Å²) in [7, 11) is 3.14. The summed E-state index contributed by atoms with van der Waals surface area (Å²) in [5.41, 5.74) is 6.43. The second-order valence-electron chi connectivity index (χ2n) is 7.63. The Balaban J connectivity index is 1.41. The lowest BCUT2D eigenvalue weighted by Crippen LogP contribution is -2.44. The van der Waals surface area contributed by atoms with Crippen LogP contribution in [0.1, 0.15) is 60.1 Å². The molecule has 0 unspecified atom stereocenters. The van der Waals surface area contributed by atoms with E-state index in [0.717, 1.165) is 32.1 Å². The van der Waals surface area contributed by atoms with Crippen LogP contribution in [0.15, 0.2) is 22.7 Å². The third-order valence-electron chi connectivity index (χ3n) is 5.86. The Bertz CT molecular complexity index is 831. The first-order valence-corrected chi connectivity index (χ1v) is 9.68. The first-order chi connectivity index (χ1) is 13.5. The third kappa shape index (κ3) is 3.44. The van der Waals surface area contributed by atoms with Crippen LogP contribution in [-0.4, -0.2) is 48.3 Å². The van der Waals surface area contributed by atoms with Crippen LogP contribution in [0.2, 0.25) is 0 Å². The molecule has 1 amide bonds. The maximum Gasteiger partial charge on any atom is 0.254 e. The van der Waals surface area contributed by atoms with Gasteiger partial charge in [-0.05, 0) is 44.2 Å². The number of nitrogens with two attached hydrogens (primary N) is 1. The Labute approximate surface area is 164 Å². The first-order valence-electron chi connectivity index (χ1n) is 9.68. The molecule has 2 aromatic rings. The van der Waals surface area contributed by atoms with Crippen molar-refractivity contribution in [3.63, 3.8) is 0 Å². The zero-order chi connectivity index (χ0) is 19.7. The van der Waals surface area contributed by atoms with Crippen LogP contribution in [0.5, 0.6) is 11.5 Å². The number of nitrogens with zero attached hydrogens (tertiary/aromatic N) is 3. The smallest absolute Gasteiger partial charge is 0.254 e. The number of ether oxygens (including phenoxy) is 2. The third-order valence-corrected chi connectivity index (χ3v) is 5.86. The van der Waals surface area contributed by atoms with Gasteiger partial charge in [0.1, 0.15) is 11.5 Å². The van der Waals surface area contributed by atoms with Crippen LogP contribution in [-0.2, 0) is 5.54 Å². The molecule has 0 bridgehead atoms. The number of rotatable bonds is 5.